The van der Waals surface area contributed by atoms with E-state index in [0.717, 1.165) is 22.0 Å². The molecule has 1 aliphatic rings. The standard InChI is InChI=1S/C25H21N3O2/c1-28-21-15-9-8-14-19(21)22(24(28)30)26-27-23(29)20-16-25(20,17-10-4-2-5-11-17)18-12-6-3-7-13-18/h2-15,20,30H,16H2,1H3. The van der Waals surface area contributed by atoms with E-state index in [-0.39, 0.29) is 23.1 Å². The number of carbonyl (C=O) groups excluding carboxylic acids is 1. The summed E-state index contributed by atoms with van der Waals surface area (Å²) in [6.07, 6.45) is 0.695. The summed E-state index contributed by atoms with van der Waals surface area (Å²) in [4.78, 5) is 13.0. The van der Waals surface area contributed by atoms with Crippen LogP contribution in [0.1, 0.15) is 17.5 Å². The zero-order valence-corrected chi connectivity index (χ0v) is 16.6. The monoisotopic (exact) mass is 395 g/mol. The number of benzene rings is 3. The van der Waals surface area contributed by atoms with Crippen LogP contribution in [0, 0.1) is 5.92 Å². The minimum Gasteiger partial charge on any atom is -0.493 e. The average molecular weight is 395 g/mol. The van der Waals surface area contributed by atoms with Gasteiger partial charge in [-0.1, -0.05) is 78.9 Å². The Kier molecular flexibility index (Phi) is 4.24. The van der Waals surface area contributed by atoms with Crippen LogP contribution >= 0.6 is 0 Å². The van der Waals surface area contributed by atoms with Crippen molar-refractivity contribution in [2.75, 3.05) is 0 Å². The number of para-hydroxylation sites is 1. The van der Waals surface area contributed by atoms with Crippen molar-refractivity contribution < 1.29 is 9.90 Å². The van der Waals surface area contributed by atoms with E-state index in [1.807, 2.05) is 60.7 Å². The maximum atomic E-state index is 13.0. The Labute approximate surface area is 174 Å². The van der Waals surface area contributed by atoms with E-state index in [0.29, 0.717) is 12.1 Å². The maximum Gasteiger partial charge on any atom is 0.269 e. The largest absolute Gasteiger partial charge is 0.493 e. The van der Waals surface area contributed by atoms with Gasteiger partial charge in [-0.3, -0.25) is 4.79 Å². The Balaban J connectivity index is 1.50. The van der Waals surface area contributed by atoms with Crippen LogP contribution in [-0.2, 0) is 17.3 Å². The number of nitrogens with zero attached hydrogens (tertiary/aromatic N) is 3. The van der Waals surface area contributed by atoms with Crippen molar-refractivity contribution in [1.82, 2.24) is 4.57 Å². The Hall–Kier alpha value is -3.73. The Bertz CT molecular complexity index is 1220. The molecule has 5 nitrogen and oxygen atoms in total. The molecule has 1 amide bonds. The number of aryl methyl sites for hydroxylation is 1. The van der Waals surface area contributed by atoms with Crippen molar-refractivity contribution >= 4 is 22.5 Å². The highest BCUT2D eigenvalue weighted by Crippen LogP contribution is 2.59. The zero-order chi connectivity index (χ0) is 20.7. The first kappa shape index (κ1) is 18.3. The molecule has 0 aliphatic heterocycles. The van der Waals surface area contributed by atoms with E-state index in [1.54, 1.807) is 11.6 Å². The molecule has 1 atom stereocenters. The fourth-order valence-electron chi connectivity index (χ4n) is 4.46. The Morgan fingerprint density at radius 1 is 0.933 bits per heavy atom. The lowest BCUT2D eigenvalue weighted by Crippen LogP contribution is -2.16. The Morgan fingerprint density at radius 3 is 2.13 bits per heavy atom. The van der Waals surface area contributed by atoms with Gasteiger partial charge in [0, 0.05) is 17.8 Å². The van der Waals surface area contributed by atoms with Crippen LogP contribution in [0.2, 0.25) is 0 Å². The zero-order valence-electron chi connectivity index (χ0n) is 16.6. The maximum absolute atomic E-state index is 13.0. The first-order valence-corrected chi connectivity index (χ1v) is 9.96. The number of aromatic nitrogens is 1. The normalized spacial score (nSPS) is 17.4. The smallest absolute Gasteiger partial charge is 0.269 e. The molecular formula is C25H21N3O2. The van der Waals surface area contributed by atoms with Crippen molar-refractivity contribution in [3.63, 3.8) is 0 Å². The summed E-state index contributed by atoms with van der Waals surface area (Å²) in [6.45, 7) is 0. The number of amides is 1. The molecule has 1 heterocycles. The van der Waals surface area contributed by atoms with Crippen molar-refractivity contribution in [3.8, 4) is 5.88 Å². The summed E-state index contributed by atoms with van der Waals surface area (Å²) in [5.74, 6) is -0.542. The summed E-state index contributed by atoms with van der Waals surface area (Å²) in [6, 6.07) is 27.7. The fourth-order valence-corrected chi connectivity index (χ4v) is 4.46. The summed E-state index contributed by atoms with van der Waals surface area (Å²) in [5, 5.41) is 19.4. The van der Waals surface area contributed by atoms with Gasteiger partial charge in [0.2, 0.25) is 5.88 Å². The molecule has 3 aromatic carbocycles. The van der Waals surface area contributed by atoms with Crippen LogP contribution in [0.4, 0.5) is 5.69 Å². The highest BCUT2D eigenvalue weighted by Gasteiger charge is 2.60. The molecule has 5 rings (SSSR count). The van der Waals surface area contributed by atoms with E-state index in [1.165, 1.54) is 0 Å². The third kappa shape index (κ3) is 2.74. The van der Waals surface area contributed by atoms with Gasteiger partial charge in [0.05, 0.1) is 11.4 Å². The highest BCUT2D eigenvalue weighted by molar-refractivity contribution is 5.95. The van der Waals surface area contributed by atoms with Crippen molar-refractivity contribution in [2.45, 2.75) is 11.8 Å². The number of aromatic hydroxyl groups is 1. The molecule has 0 spiro atoms. The van der Waals surface area contributed by atoms with E-state index < -0.39 is 0 Å². The number of carbonyl (C=O) groups is 1. The van der Waals surface area contributed by atoms with E-state index >= 15 is 0 Å². The third-order valence-corrected chi connectivity index (χ3v) is 6.14. The molecule has 0 bridgehead atoms. The molecule has 1 unspecified atom stereocenters. The minimum absolute atomic E-state index is 0.000860. The van der Waals surface area contributed by atoms with Gasteiger partial charge >= 0.3 is 0 Å². The van der Waals surface area contributed by atoms with Crippen molar-refractivity contribution in [3.05, 3.63) is 96.1 Å². The summed E-state index contributed by atoms with van der Waals surface area (Å²) < 4.78 is 1.64. The second-order valence-electron chi connectivity index (χ2n) is 7.75. The molecule has 5 heteroatoms. The Morgan fingerprint density at radius 2 is 1.50 bits per heavy atom. The predicted molar refractivity (Wildman–Crippen MR) is 116 cm³/mol. The van der Waals surface area contributed by atoms with E-state index in [9.17, 15) is 9.90 Å². The van der Waals surface area contributed by atoms with Gasteiger partial charge in [0.1, 0.15) is 0 Å². The van der Waals surface area contributed by atoms with Crippen LogP contribution < -0.4 is 0 Å². The highest BCUT2D eigenvalue weighted by atomic mass is 16.3. The van der Waals surface area contributed by atoms with Gasteiger partial charge in [-0.15, -0.1) is 10.2 Å². The molecule has 4 aromatic rings. The van der Waals surface area contributed by atoms with Crippen molar-refractivity contribution in [1.29, 1.82) is 0 Å². The van der Waals surface area contributed by atoms with Gasteiger partial charge in [-0.05, 0) is 23.6 Å². The molecule has 0 saturated heterocycles. The molecular weight excluding hydrogens is 374 g/mol. The van der Waals surface area contributed by atoms with Crippen LogP contribution in [0.3, 0.4) is 0 Å². The second kappa shape index (κ2) is 6.95. The minimum atomic E-state index is -0.376. The van der Waals surface area contributed by atoms with E-state index in [2.05, 4.69) is 34.5 Å². The van der Waals surface area contributed by atoms with Gasteiger partial charge in [0.15, 0.2) is 5.69 Å². The SMILES string of the molecule is Cn1c(O)c(N=NC(=O)C2CC2(c2ccccc2)c2ccccc2)c2ccccc21. The number of hydrogen-bond donors (Lipinski definition) is 1. The predicted octanol–water partition coefficient (Wildman–Crippen LogP) is 5.50. The fraction of sp³-hybridized carbons (Fsp3) is 0.160. The van der Waals surface area contributed by atoms with Crippen LogP contribution in [0.15, 0.2) is 95.2 Å². The number of hydrogen-bond acceptors (Lipinski definition) is 3. The average Bonchev–Trinajstić information content (AvgIpc) is 3.52. The van der Waals surface area contributed by atoms with E-state index in [4.69, 9.17) is 0 Å². The van der Waals surface area contributed by atoms with Gasteiger partial charge in [-0.25, -0.2) is 0 Å². The molecule has 1 N–H and O–H groups in total. The summed E-state index contributed by atoms with van der Waals surface area (Å²) in [7, 11) is 1.76. The molecule has 0 radical (unpaired) electrons. The molecule has 1 saturated carbocycles. The van der Waals surface area contributed by atoms with Gasteiger partial charge in [0.25, 0.3) is 5.91 Å². The lowest BCUT2D eigenvalue weighted by atomic mass is 9.85. The van der Waals surface area contributed by atoms with Crippen LogP contribution in [0.5, 0.6) is 5.88 Å². The molecule has 1 fully saturated rings. The van der Waals surface area contributed by atoms with Crippen molar-refractivity contribution in [2.24, 2.45) is 23.2 Å². The first-order valence-electron chi connectivity index (χ1n) is 9.96. The number of azo groups is 1. The molecule has 30 heavy (non-hydrogen) atoms. The second-order valence-corrected chi connectivity index (χ2v) is 7.75. The van der Waals surface area contributed by atoms with Crippen LogP contribution in [0.25, 0.3) is 10.9 Å². The third-order valence-electron chi connectivity index (χ3n) is 6.14. The van der Waals surface area contributed by atoms with Gasteiger partial charge < -0.3 is 9.67 Å². The lowest BCUT2D eigenvalue weighted by molar-refractivity contribution is -0.119. The summed E-state index contributed by atoms with van der Waals surface area (Å²) in [5.41, 5.74) is 3.01. The number of rotatable bonds is 4. The molecule has 1 aromatic heterocycles. The topological polar surface area (TPSA) is 66.9 Å². The first-order chi connectivity index (χ1) is 14.6. The number of fused-ring (bicyclic) bond motifs is 1. The molecule has 148 valence electrons. The molecule has 1 aliphatic carbocycles. The van der Waals surface area contributed by atoms with Crippen LogP contribution in [-0.4, -0.2) is 15.6 Å². The lowest BCUT2D eigenvalue weighted by Gasteiger charge is -2.17. The summed E-state index contributed by atoms with van der Waals surface area (Å²) >= 11 is 0. The van der Waals surface area contributed by atoms with Gasteiger partial charge in [-0.2, -0.15) is 0 Å². The quantitative estimate of drug-likeness (QED) is 0.464.